The number of aryl methyl sites for hydroxylation is 1. The number of rotatable bonds is 9. The number of nitrogens with zero attached hydrogens (tertiary/aromatic N) is 1. The van der Waals surface area contributed by atoms with Crippen LogP contribution in [0.4, 0.5) is 5.69 Å². The van der Waals surface area contributed by atoms with Crippen molar-refractivity contribution >= 4 is 33.2 Å². The molecule has 2 aromatic carbocycles. The monoisotopic (exact) mass is 424 g/mol. The second-order valence-corrected chi connectivity index (χ2v) is 8.66. The number of sulfonamides is 1. The quantitative estimate of drug-likeness (QED) is 0.626. The molecule has 6 nitrogen and oxygen atoms in total. The molecule has 2 aromatic rings. The number of hydrogen-bond donors (Lipinski definition) is 1. The minimum Gasteiger partial charge on any atom is -0.491 e. The van der Waals surface area contributed by atoms with Gasteiger partial charge in [0.15, 0.2) is 0 Å². The molecule has 0 unspecified atom stereocenters. The van der Waals surface area contributed by atoms with E-state index < -0.39 is 16.1 Å². The molecule has 152 valence electrons. The Morgan fingerprint density at radius 1 is 1.21 bits per heavy atom. The van der Waals surface area contributed by atoms with E-state index in [4.69, 9.17) is 16.3 Å². The van der Waals surface area contributed by atoms with Crippen LogP contribution < -0.4 is 14.4 Å². The predicted molar refractivity (Wildman–Crippen MR) is 113 cm³/mol. The molecule has 8 heteroatoms. The van der Waals surface area contributed by atoms with E-state index in [2.05, 4.69) is 5.32 Å². The van der Waals surface area contributed by atoms with Gasteiger partial charge in [-0.1, -0.05) is 42.8 Å². The van der Waals surface area contributed by atoms with Crippen LogP contribution in [0, 0.1) is 6.92 Å². The van der Waals surface area contributed by atoms with Gasteiger partial charge in [-0.05, 0) is 43.2 Å². The van der Waals surface area contributed by atoms with E-state index in [0.29, 0.717) is 17.1 Å². The fourth-order valence-corrected chi connectivity index (χ4v) is 4.23. The van der Waals surface area contributed by atoms with Crippen LogP contribution in [0.3, 0.4) is 0 Å². The molecule has 0 spiro atoms. The first-order chi connectivity index (χ1) is 13.2. The highest BCUT2D eigenvalue weighted by Crippen LogP contribution is 2.25. The highest BCUT2D eigenvalue weighted by atomic mass is 35.5. The maximum Gasteiger partial charge on any atom is 0.244 e. The highest BCUT2D eigenvalue weighted by Gasteiger charge is 2.31. The number of amides is 1. The fraction of sp³-hybridized carbons (Fsp3) is 0.350. The average molecular weight is 425 g/mol. The molecule has 0 aliphatic heterocycles. The van der Waals surface area contributed by atoms with E-state index >= 15 is 0 Å². The zero-order valence-electron chi connectivity index (χ0n) is 16.2. The van der Waals surface area contributed by atoms with E-state index in [-0.39, 0.29) is 19.1 Å². The Kier molecular flexibility index (Phi) is 7.71. The number of carbonyl (C=O) groups is 1. The number of ether oxygens (including phenoxy) is 1. The first-order valence-corrected chi connectivity index (χ1v) is 11.2. The summed E-state index contributed by atoms with van der Waals surface area (Å²) in [5.74, 6) is 0.363. The summed E-state index contributed by atoms with van der Waals surface area (Å²) in [6.07, 6.45) is 1.38. The standard InChI is InChI=1S/C20H25ClN2O4S/c1-4-18(23(28(3,25)26)17-10-7-9-16(21)14-17)20(24)22-12-13-27-19-11-6-5-8-15(19)2/h5-11,14,18H,4,12-13H2,1-3H3,(H,22,24)/t18-/m0/s1. The minimum atomic E-state index is -3.69. The van der Waals surface area contributed by atoms with Crippen LogP contribution in [0.25, 0.3) is 0 Å². The molecule has 0 bridgehead atoms. The van der Waals surface area contributed by atoms with Gasteiger partial charge in [-0.25, -0.2) is 8.42 Å². The molecule has 28 heavy (non-hydrogen) atoms. The van der Waals surface area contributed by atoms with Crippen molar-refractivity contribution in [2.45, 2.75) is 26.3 Å². The number of benzene rings is 2. The molecular weight excluding hydrogens is 400 g/mol. The Hall–Kier alpha value is -2.25. The molecular formula is C20H25ClN2O4S. The number of halogens is 1. The second kappa shape index (κ2) is 9.80. The van der Waals surface area contributed by atoms with Gasteiger partial charge in [0, 0.05) is 5.02 Å². The topological polar surface area (TPSA) is 75.7 Å². The summed E-state index contributed by atoms with van der Waals surface area (Å²) in [5, 5.41) is 3.15. The largest absolute Gasteiger partial charge is 0.491 e. The highest BCUT2D eigenvalue weighted by molar-refractivity contribution is 7.92. The van der Waals surface area contributed by atoms with Gasteiger partial charge in [0.25, 0.3) is 0 Å². The van der Waals surface area contributed by atoms with Gasteiger partial charge in [0.05, 0.1) is 18.5 Å². The predicted octanol–water partition coefficient (Wildman–Crippen LogP) is 3.39. The van der Waals surface area contributed by atoms with Gasteiger partial charge >= 0.3 is 0 Å². The molecule has 0 fully saturated rings. The third kappa shape index (κ3) is 5.87. The zero-order valence-corrected chi connectivity index (χ0v) is 17.8. The van der Waals surface area contributed by atoms with Crippen molar-refractivity contribution in [1.29, 1.82) is 0 Å². The Morgan fingerprint density at radius 2 is 1.93 bits per heavy atom. The van der Waals surface area contributed by atoms with Gasteiger partial charge in [0.2, 0.25) is 15.9 Å². The third-order valence-corrected chi connectivity index (χ3v) is 5.56. The molecule has 0 aliphatic carbocycles. The van der Waals surface area contributed by atoms with Crippen LogP contribution in [0.15, 0.2) is 48.5 Å². The molecule has 0 saturated carbocycles. The van der Waals surface area contributed by atoms with Crippen LogP contribution in [0.5, 0.6) is 5.75 Å². The number of para-hydroxylation sites is 1. The Bertz CT molecular complexity index is 918. The van der Waals surface area contributed by atoms with Crippen LogP contribution >= 0.6 is 11.6 Å². The Balaban J connectivity index is 2.06. The maximum absolute atomic E-state index is 12.7. The van der Waals surface area contributed by atoms with Crippen molar-refractivity contribution in [3.8, 4) is 5.75 Å². The summed E-state index contributed by atoms with van der Waals surface area (Å²) in [6.45, 7) is 4.24. The van der Waals surface area contributed by atoms with Crippen molar-refractivity contribution in [3.63, 3.8) is 0 Å². The van der Waals surface area contributed by atoms with E-state index in [0.717, 1.165) is 21.9 Å². The number of carbonyl (C=O) groups excluding carboxylic acids is 1. The van der Waals surface area contributed by atoms with E-state index in [1.54, 1.807) is 25.1 Å². The SMILES string of the molecule is CC[C@@H](C(=O)NCCOc1ccccc1C)N(c1cccc(Cl)c1)S(C)(=O)=O. The summed E-state index contributed by atoms with van der Waals surface area (Å²) in [5.41, 5.74) is 1.36. The van der Waals surface area contributed by atoms with Crippen molar-refractivity contribution in [2.24, 2.45) is 0 Å². The van der Waals surface area contributed by atoms with E-state index in [1.165, 1.54) is 6.07 Å². The number of hydrogen-bond acceptors (Lipinski definition) is 4. The minimum absolute atomic E-state index is 0.261. The van der Waals surface area contributed by atoms with Crippen LogP contribution in [0.1, 0.15) is 18.9 Å². The summed E-state index contributed by atoms with van der Waals surface area (Å²) in [7, 11) is -3.69. The summed E-state index contributed by atoms with van der Waals surface area (Å²) in [4.78, 5) is 12.7. The lowest BCUT2D eigenvalue weighted by Gasteiger charge is -2.30. The molecule has 0 aliphatic rings. The first-order valence-electron chi connectivity index (χ1n) is 8.95. The third-order valence-electron chi connectivity index (χ3n) is 4.14. The lowest BCUT2D eigenvalue weighted by Crippen LogP contribution is -2.50. The van der Waals surface area contributed by atoms with E-state index in [9.17, 15) is 13.2 Å². The zero-order chi connectivity index (χ0) is 20.7. The average Bonchev–Trinajstić information content (AvgIpc) is 2.63. The number of anilines is 1. The van der Waals surface area contributed by atoms with Gasteiger partial charge in [-0.2, -0.15) is 0 Å². The molecule has 0 saturated heterocycles. The molecule has 1 N–H and O–H groups in total. The Labute approximate surface area is 171 Å². The van der Waals surface area contributed by atoms with Crippen molar-refractivity contribution < 1.29 is 17.9 Å². The van der Waals surface area contributed by atoms with E-state index in [1.807, 2.05) is 31.2 Å². The summed E-state index contributed by atoms with van der Waals surface area (Å²) < 4.78 is 31.5. The molecule has 0 radical (unpaired) electrons. The smallest absolute Gasteiger partial charge is 0.244 e. The molecule has 2 rings (SSSR count). The van der Waals surface area contributed by atoms with Crippen molar-refractivity contribution in [1.82, 2.24) is 5.32 Å². The summed E-state index contributed by atoms with van der Waals surface area (Å²) >= 11 is 6.00. The lowest BCUT2D eigenvalue weighted by atomic mass is 10.2. The van der Waals surface area contributed by atoms with Crippen molar-refractivity contribution in [2.75, 3.05) is 23.7 Å². The van der Waals surface area contributed by atoms with Crippen LogP contribution in [0.2, 0.25) is 5.02 Å². The molecule has 1 amide bonds. The molecule has 1 atom stereocenters. The molecule has 0 heterocycles. The fourth-order valence-electron chi connectivity index (χ4n) is 2.84. The van der Waals surface area contributed by atoms with Gasteiger partial charge in [-0.3, -0.25) is 9.10 Å². The van der Waals surface area contributed by atoms with Gasteiger partial charge in [0.1, 0.15) is 18.4 Å². The van der Waals surface area contributed by atoms with Crippen molar-refractivity contribution in [3.05, 3.63) is 59.1 Å². The number of nitrogens with one attached hydrogen (secondary N) is 1. The van der Waals surface area contributed by atoms with Crippen LogP contribution in [-0.2, 0) is 14.8 Å². The summed E-state index contributed by atoms with van der Waals surface area (Å²) in [6, 6.07) is 13.2. The first kappa shape index (κ1) is 22.0. The normalized spacial score (nSPS) is 12.3. The maximum atomic E-state index is 12.7. The van der Waals surface area contributed by atoms with Gasteiger partial charge in [-0.15, -0.1) is 0 Å². The lowest BCUT2D eigenvalue weighted by molar-refractivity contribution is -0.122. The van der Waals surface area contributed by atoms with Gasteiger partial charge < -0.3 is 10.1 Å². The second-order valence-electron chi connectivity index (χ2n) is 6.37. The Morgan fingerprint density at radius 3 is 2.54 bits per heavy atom. The van der Waals surface area contributed by atoms with Crippen LogP contribution in [-0.4, -0.2) is 39.8 Å². The molecule has 0 aromatic heterocycles.